The summed E-state index contributed by atoms with van der Waals surface area (Å²) in [6, 6.07) is 2.40. The van der Waals surface area contributed by atoms with Crippen molar-refractivity contribution in [2.45, 2.75) is 83.8 Å². The highest BCUT2D eigenvalue weighted by molar-refractivity contribution is 6.00. The summed E-state index contributed by atoms with van der Waals surface area (Å²) in [6.45, 7) is 6.06. The first-order valence-electron chi connectivity index (χ1n) is 18.0. The molecular formula is C36H47FN6O9. The van der Waals surface area contributed by atoms with Crippen LogP contribution in [-0.2, 0) is 28.7 Å². The summed E-state index contributed by atoms with van der Waals surface area (Å²) in [4.78, 5) is 87.0. The molecular weight excluding hydrogens is 679 g/mol. The smallest absolute Gasteiger partial charge is 0.409 e. The van der Waals surface area contributed by atoms with E-state index < -0.39 is 54.3 Å². The number of carbonyl (C=O) groups is 6. The van der Waals surface area contributed by atoms with Gasteiger partial charge in [0.2, 0.25) is 11.8 Å². The first kappa shape index (κ1) is 38.2. The summed E-state index contributed by atoms with van der Waals surface area (Å²) in [7, 11) is 0. The van der Waals surface area contributed by atoms with Crippen LogP contribution in [0.3, 0.4) is 0 Å². The topological polar surface area (TPSA) is 177 Å². The van der Waals surface area contributed by atoms with Gasteiger partial charge in [0.1, 0.15) is 29.3 Å². The normalized spacial score (nSPS) is 18.0. The lowest BCUT2D eigenvalue weighted by Crippen LogP contribution is -2.56. The van der Waals surface area contributed by atoms with Crippen molar-refractivity contribution in [2.75, 3.05) is 52.5 Å². The molecule has 3 aliphatic rings. The molecule has 2 aliphatic heterocycles. The second kappa shape index (κ2) is 17.5. The molecule has 0 spiro atoms. The zero-order valence-corrected chi connectivity index (χ0v) is 29.9. The molecule has 3 heterocycles. The van der Waals surface area contributed by atoms with Crippen molar-refractivity contribution < 1.29 is 47.4 Å². The highest BCUT2D eigenvalue weighted by Gasteiger charge is 2.36. The number of piperazine rings is 1. The third-order valence-corrected chi connectivity index (χ3v) is 9.54. The third kappa shape index (κ3) is 9.25. The van der Waals surface area contributed by atoms with Gasteiger partial charge in [-0.3, -0.25) is 24.0 Å². The van der Waals surface area contributed by atoms with Crippen LogP contribution in [0.2, 0.25) is 0 Å². The second-order valence-corrected chi connectivity index (χ2v) is 13.2. The molecule has 2 unspecified atom stereocenters. The van der Waals surface area contributed by atoms with Gasteiger partial charge in [-0.05, 0) is 77.0 Å². The number of hydrogen-bond acceptors (Lipinski definition) is 10. The van der Waals surface area contributed by atoms with Crippen molar-refractivity contribution in [3.8, 4) is 5.75 Å². The Morgan fingerprint density at radius 3 is 2.31 bits per heavy atom. The molecule has 2 N–H and O–H groups in total. The Kier molecular flexibility index (Phi) is 12.8. The predicted molar refractivity (Wildman–Crippen MR) is 185 cm³/mol. The number of fused-ring (bicyclic) bond motifs is 1. The molecule has 2 atom stereocenters. The number of aryl methyl sites for hydroxylation is 1. The largest absolute Gasteiger partial charge is 0.483 e. The van der Waals surface area contributed by atoms with Gasteiger partial charge in [0, 0.05) is 51.3 Å². The van der Waals surface area contributed by atoms with Gasteiger partial charge in [-0.1, -0.05) is 0 Å². The minimum Gasteiger partial charge on any atom is -0.483 e. The molecule has 1 aromatic heterocycles. The fourth-order valence-electron chi connectivity index (χ4n) is 6.58. The zero-order chi connectivity index (χ0) is 37.4. The van der Waals surface area contributed by atoms with Gasteiger partial charge in [0.25, 0.3) is 11.8 Å². The molecule has 1 aliphatic carbocycles. The van der Waals surface area contributed by atoms with Gasteiger partial charge in [-0.15, -0.1) is 0 Å². The molecule has 2 saturated heterocycles. The van der Waals surface area contributed by atoms with E-state index in [4.69, 9.17) is 14.2 Å². The highest BCUT2D eigenvalue weighted by Crippen LogP contribution is 2.30. The standard InChI is InChI=1S/C36H47FN6O9/c1-4-50-31(45)12-11-25(35(48)41-14-16-42(17-15-41)36(49)51-5-2)40-33(46)27-20-29(32-24(37)18-22(3)19-26(32)39-27)52-21-30(44)43-13-7-10-28(43)34(47)38-23-8-6-9-23/h18-20,23,25,28H,4-17,21H2,1-3H3,(H,38,47)(H,40,46). The van der Waals surface area contributed by atoms with Crippen LogP contribution in [0.4, 0.5) is 9.18 Å². The summed E-state index contributed by atoms with van der Waals surface area (Å²) in [5.74, 6) is -3.23. The van der Waals surface area contributed by atoms with Crippen molar-refractivity contribution in [1.29, 1.82) is 0 Å². The summed E-state index contributed by atoms with van der Waals surface area (Å²) in [5, 5.41) is 5.65. The van der Waals surface area contributed by atoms with Gasteiger partial charge in [0.05, 0.1) is 24.1 Å². The van der Waals surface area contributed by atoms with Gasteiger partial charge < -0.3 is 39.5 Å². The van der Waals surface area contributed by atoms with Crippen LogP contribution in [0, 0.1) is 12.7 Å². The van der Waals surface area contributed by atoms with E-state index >= 15 is 4.39 Å². The summed E-state index contributed by atoms with van der Waals surface area (Å²) < 4.78 is 31.4. The number of likely N-dealkylation sites (tertiary alicyclic amines) is 1. The number of benzene rings is 1. The van der Waals surface area contributed by atoms with Gasteiger partial charge in [-0.25, -0.2) is 14.2 Å². The maximum absolute atomic E-state index is 15.4. The number of halogens is 1. The molecule has 1 saturated carbocycles. The lowest BCUT2D eigenvalue weighted by molar-refractivity contribution is -0.143. The zero-order valence-electron chi connectivity index (χ0n) is 29.9. The number of pyridine rings is 1. The van der Waals surface area contributed by atoms with Crippen LogP contribution in [0.15, 0.2) is 18.2 Å². The van der Waals surface area contributed by atoms with Crippen LogP contribution in [0.1, 0.15) is 74.8 Å². The Balaban J connectivity index is 1.33. The summed E-state index contributed by atoms with van der Waals surface area (Å²) >= 11 is 0. The molecule has 15 nitrogen and oxygen atoms in total. The quantitative estimate of drug-likeness (QED) is 0.292. The van der Waals surface area contributed by atoms with Gasteiger partial charge >= 0.3 is 12.1 Å². The summed E-state index contributed by atoms with van der Waals surface area (Å²) in [6.07, 6.45) is 3.36. The van der Waals surface area contributed by atoms with Crippen molar-refractivity contribution in [3.05, 3.63) is 35.3 Å². The maximum atomic E-state index is 15.4. The van der Waals surface area contributed by atoms with Crippen LogP contribution >= 0.6 is 0 Å². The molecule has 2 aromatic rings. The molecule has 282 valence electrons. The lowest BCUT2D eigenvalue weighted by atomic mass is 9.93. The minimum absolute atomic E-state index is 0.0370. The van der Waals surface area contributed by atoms with E-state index in [2.05, 4.69) is 15.6 Å². The van der Waals surface area contributed by atoms with Crippen molar-refractivity contribution in [2.24, 2.45) is 0 Å². The number of amides is 5. The minimum atomic E-state index is -1.16. The predicted octanol–water partition coefficient (Wildman–Crippen LogP) is 2.46. The number of nitrogens with one attached hydrogen (secondary N) is 2. The van der Waals surface area contributed by atoms with Crippen molar-refractivity contribution in [3.63, 3.8) is 0 Å². The number of hydrogen-bond donors (Lipinski definition) is 2. The lowest BCUT2D eigenvalue weighted by Gasteiger charge is -2.36. The van der Waals surface area contributed by atoms with Crippen LogP contribution in [-0.4, -0.2) is 126 Å². The molecule has 5 rings (SSSR count). The molecule has 0 radical (unpaired) electrons. The van der Waals surface area contributed by atoms with Crippen LogP contribution in [0.5, 0.6) is 5.75 Å². The molecule has 52 heavy (non-hydrogen) atoms. The van der Waals surface area contributed by atoms with E-state index in [1.54, 1.807) is 26.8 Å². The average Bonchev–Trinajstić information content (AvgIpc) is 3.60. The first-order valence-corrected chi connectivity index (χ1v) is 18.0. The number of nitrogens with zero attached hydrogens (tertiary/aromatic N) is 4. The van der Waals surface area contributed by atoms with E-state index in [0.29, 0.717) is 24.9 Å². The number of esters is 1. The maximum Gasteiger partial charge on any atom is 0.409 e. The average molecular weight is 727 g/mol. The van der Waals surface area contributed by atoms with E-state index in [0.717, 1.165) is 19.3 Å². The molecule has 0 bridgehead atoms. The number of rotatable bonds is 13. The Bertz CT molecular complexity index is 1680. The van der Waals surface area contributed by atoms with E-state index in [1.807, 2.05) is 0 Å². The number of aromatic nitrogens is 1. The van der Waals surface area contributed by atoms with Crippen LogP contribution < -0.4 is 15.4 Å². The van der Waals surface area contributed by atoms with E-state index in [9.17, 15) is 28.8 Å². The van der Waals surface area contributed by atoms with Gasteiger partial charge in [0.15, 0.2) is 6.61 Å². The van der Waals surface area contributed by atoms with E-state index in [1.165, 1.54) is 26.8 Å². The summed E-state index contributed by atoms with van der Waals surface area (Å²) in [5.41, 5.74) is 0.412. The monoisotopic (exact) mass is 726 g/mol. The Hall–Kier alpha value is -5.02. The number of ether oxygens (including phenoxy) is 3. The first-order chi connectivity index (χ1) is 25.0. The van der Waals surface area contributed by atoms with Gasteiger partial charge in [-0.2, -0.15) is 0 Å². The third-order valence-electron chi connectivity index (χ3n) is 9.54. The SMILES string of the molecule is CCOC(=O)CCC(NC(=O)c1cc(OCC(=O)N2CCCC2C(=O)NC2CCC2)c2c(F)cc(C)cc2n1)C(=O)N1CCN(C(=O)OCC)CC1. The van der Waals surface area contributed by atoms with Crippen molar-refractivity contribution >= 4 is 46.6 Å². The molecule has 5 amide bonds. The van der Waals surface area contributed by atoms with E-state index in [-0.39, 0.29) is 86.5 Å². The fourth-order valence-corrected chi connectivity index (χ4v) is 6.58. The Morgan fingerprint density at radius 2 is 1.63 bits per heavy atom. The van der Waals surface area contributed by atoms with Crippen LogP contribution in [0.25, 0.3) is 10.9 Å². The molecule has 1 aromatic carbocycles. The Labute approximate surface area is 301 Å². The second-order valence-electron chi connectivity index (χ2n) is 13.2. The molecule has 3 fully saturated rings. The Morgan fingerprint density at radius 1 is 0.923 bits per heavy atom. The number of carbonyl (C=O) groups excluding carboxylic acids is 6. The van der Waals surface area contributed by atoms with Crippen molar-refractivity contribution in [1.82, 2.24) is 30.3 Å². The fraction of sp³-hybridized carbons (Fsp3) is 0.583. The molecule has 16 heteroatoms. The highest BCUT2D eigenvalue weighted by atomic mass is 19.1.